The van der Waals surface area contributed by atoms with Gasteiger partial charge in [0.2, 0.25) is 0 Å². The summed E-state index contributed by atoms with van der Waals surface area (Å²) in [5.74, 6) is 1.31. The van der Waals surface area contributed by atoms with Gasteiger partial charge >= 0.3 is 0 Å². The van der Waals surface area contributed by atoms with Crippen LogP contribution in [0.5, 0.6) is 0 Å². The minimum Gasteiger partial charge on any atom is -0.483 e. The zero-order chi connectivity index (χ0) is 46.4. The summed E-state index contributed by atoms with van der Waals surface area (Å²) in [6, 6.07) is 45.8. The van der Waals surface area contributed by atoms with E-state index in [0.29, 0.717) is 5.71 Å². The summed E-state index contributed by atoms with van der Waals surface area (Å²) in [5, 5.41) is 3.52. The molecule has 8 heteroatoms. The van der Waals surface area contributed by atoms with Crippen molar-refractivity contribution in [1.29, 1.82) is 0 Å². The Hall–Kier alpha value is -6.31. The Kier molecular flexibility index (Phi) is 13.3. The first-order chi connectivity index (χ1) is 32.4. The number of aryl methyl sites for hydroxylation is 1. The molecule has 0 spiro atoms. The van der Waals surface area contributed by atoms with E-state index in [4.69, 9.17) is 19.4 Å². The van der Waals surface area contributed by atoms with Crippen LogP contribution in [0.3, 0.4) is 0 Å². The number of furan rings is 1. The summed E-state index contributed by atoms with van der Waals surface area (Å²) >= 11 is 0. The number of hydrogen-bond donors (Lipinski definition) is 0. The average molecular weight is 1080 g/mol. The predicted octanol–water partition coefficient (Wildman–Crippen LogP) is 15.0. The SMILES string of the molecule is C[Si](C)(C)c1cnc(-c2[c-]cccc2)c2c1CCCC2.Cc1cncc2nc(-c3[c-]nc4oc5ccc(-c6ccccc6)cc5c4c3)n(-c3c(C(C)C)cc(-c4ccccc4)cc3C(C)C)c12.[Ir]. The van der Waals surface area contributed by atoms with Crippen LogP contribution in [-0.4, -0.2) is 32.6 Å². The molecule has 0 amide bonds. The van der Waals surface area contributed by atoms with Crippen molar-refractivity contribution in [2.45, 2.75) is 91.8 Å². The Morgan fingerprint density at radius 1 is 0.662 bits per heavy atom. The molecule has 0 unspecified atom stereocenters. The van der Waals surface area contributed by atoms with E-state index in [1.807, 2.05) is 36.7 Å². The van der Waals surface area contributed by atoms with Gasteiger partial charge in [-0.05, 0) is 130 Å². The van der Waals surface area contributed by atoms with Crippen LogP contribution in [0.1, 0.15) is 80.2 Å². The van der Waals surface area contributed by atoms with E-state index in [1.54, 1.807) is 10.8 Å². The molecule has 5 aromatic heterocycles. The van der Waals surface area contributed by atoms with Crippen LogP contribution in [-0.2, 0) is 32.9 Å². The summed E-state index contributed by atoms with van der Waals surface area (Å²) in [7, 11) is -1.31. The molecule has 0 bridgehead atoms. The van der Waals surface area contributed by atoms with Crippen LogP contribution in [0, 0.1) is 19.2 Å². The maximum absolute atomic E-state index is 6.20. The minimum absolute atomic E-state index is 0. The second-order valence-electron chi connectivity index (χ2n) is 19.7. The fourth-order valence-corrected chi connectivity index (χ4v) is 11.5. The van der Waals surface area contributed by atoms with E-state index >= 15 is 0 Å². The van der Waals surface area contributed by atoms with Crippen LogP contribution >= 0.6 is 0 Å². The van der Waals surface area contributed by atoms with Gasteiger partial charge in [-0.3, -0.25) is 9.97 Å². The molecule has 68 heavy (non-hydrogen) atoms. The molecule has 5 heterocycles. The van der Waals surface area contributed by atoms with Crippen molar-refractivity contribution in [3.8, 4) is 50.6 Å². The maximum atomic E-state index is 6.20. The number of imidazole rings is 1. The van der Waals surface area contributed by atoms with Crippen LogP contribution < -0.4 is 5.19 Å². The fourth-order valence-electron chi connectivity index (χ4n) is 9.91. The second kappa shape index (κ2) is 19.4. The Balaban J connectivity index is 0.000000230. The number of nitrogens with zero attached hydrogens (tertiary/aromatic N) is 5. The molecule has 0 saturated carbocycles. The minimum atomic E-state index is -1.31. The third kappa shape index (κ3) is 8.93. The summed E-state index contributed by atoms with van der Waals surface area (Å²) in [5.41, 5.74) is 19.0. The summed E-state index contributed by atoms with van der Waals surface area (Å²) < 4.78 is 8.54. The summed E-state index contributed by atoms with van der Waals surface area (Å²) in [4.78, 5) is 19.3. The second-order valence-corrected chi connectivity index (χ2v) is 24.7. The molecule has 11 rings (SSSR count). The van der Waals surface area contributed by atoms with Crippen molar-refractivity contribution in [3.05, 3.63) is 180 Å². The normalized spacial score (nSPS) is 12.6. The maximum Gasteiger partial charge on any atom is 0.141 e. The first-order valence-electron chi connectivity index (χ1n) is 23.8. The van der Waals surface area contributed by atoms with Crippen LogP contribution in [0.2, 0.25) is 19.6 Å². The number of aromatic nitrogens is 5. The standard InChI is InChI=1S/C42H35N4O.C18H22NSi.Ir/c1-25(2)33-19-31(29-14-10-7-11-15-29)20-34(26(3)4)40(33)46-39-27(5)22-43-24-37(39)45-41(46)32-21-36-35-18-30(28-12-8-6-9-13-28)16-17-38(35)47-42(36)44-23-32;1-20(2,3)17-13-19-18(14-9-5-4-6-10-14)16-12-8-7-11-15(16)17;/h6-22,24-26H,1-5H3;4-6,9,13H,7-8,11-12H2,1-3H3;/q2*-1;. The molecule has 5 aromatic carbocycles. The third-order valence-corrected chi connectivity index (χ3v) is 15.3. The molecule has 0 fully saturated rings. The monoisotopic (exact) mass is 1080 g/mol. The molecular formula is C60H57IrN5OSi-2. The molecule has 10 aromatic rings. The van der Waals surface area contributed by atoms with Gasteiger partial charge in [0.05, 0.1) is 31.1 Å². The molecule has 1 radical (unpaired) electrons. The van der Waals surface area contributed by atoms with Crippen LogP contribution in [0.25, 0.3) is 83.7 Å². The number of benzene rings is 5. The molecule has 1 aliphatic rings. The number of fused-ring (bicyclic) bond motifs is 5. The third-order valence-electron chi connectivity index (χ3n) is 13.3. The molecule has 0 aliphatic heterocycles. The van der Waals surface area contributed by atoms with E-state index in [2.05, 4.69) is 179 Å². The van der Waals surface area contributed by atoms with Gasteiger partial charge in [-0.25, -0.2) is 0 Å². The zero-order valence-corrected chi connectivity index (χ0v) is 43.6. The van der Waals surface area contributed by atoms with E-state index in [0.717, 1.165) is 61.0 Å². The van der Waals surface area contributed by atoms with Crippen molar-refractivity contribution < 1.29 is 24.5 Å². The summed E-state index contributed by atoms with van der Waals surface area (Å²) in [6.07, 6.45) is 14.3. The Morgan fingerprint density at radius 2 is 1.32 bits per heavy atom. The predicted molar refractivity (Wildman–Crippen MR) is 280 cm³/mol. The van der Waals surface area contributed by atoms with E-state index in [-0.39, 0.29) is 31.9 Å². The van der Waals surface area contributed by atoms with Gasteiger partial charge < -0.3 is 19.0 Å². The van der Waals surface area contributed by atoms with Crippen LogP contribution in [0.15, 0.2) is 144 Å². The molecule has 6 nitrogen and oxygen atoms in total. The van der Waals surface area contributed by atoms with Gasteiger partial charge in [-0.2, -0.15) is 0 Å². The van der Waals surface area contributed by atoms with Gasteiger partial charge in [0, 0.05) is 43.6 Å². The molecule has 0 atom stereocenters. The van der Waals surface area contributed by atoms with Gasteiger partial charge in [-0.1, -0.05) is 131 Å². The number of hydrogen-bond acceptors (Lipinski definition) is 5. The first kappa shape index (κ1) is 46.8. The Morgan fingerprint density at radius 3 is 1.97 bits per heavy atom. The van der Waals surface area contributed by atoms with Crippen molar-refractivity contribution in [2.24, 2.45) is 0 Å². The van der Waals surface area contributed by atoms with Gasteiger partial charge in [-0.15, -0.1) is 42.0 Å². The zero-order valence-electron chi connectivity index (χ0n) is 40.2. The average Bonchev–Trinajstić information content (AvgIpc) is 3.92. The Bertz CT molecular complexity index is 3380. The molecule has 343 valence electrons. The van der Waals surface area contributed by atoms with Crippen molar-refractivity contribution in [3.63, 3.8) is 0 Å². The molecule has 0 N–H and O–H groups in total. The Labute approximate surface area is 415 Å². The van der Waals surface area contributed by atoms with E-state index < -0.39 is 8.07 Å². The van der Waals surface area contributed by atoms with E-state index in [9.17, 15) is 0 Å². The van der Waals surface area contributed by atoms with Crippen molar-refractivity contribution in [2.75, 3.05) is 0 Å². The first-order valence-corrected chi connectivity index (χ1v) is 27.3. The fraction of sp³-hybridized carbons (Fsp3) is 0.233. The number of rotatable bonds is 8. The van der Waals surface area contributed by atoms with Gasteiger partial charge in [0.1, 0.15) is 11.3 Å². The summed E-state index contributed by atoms with van der Waals surface area (Å²) in [6.45, 7) is 18.5. The van der Waals surface area contributed by atoms with Crippen LogP contribution in [0.4, 0.5) is 0 Å². The molecule has 1 aliphatic carbocycles. The molecular weight excluding hydrogens is 1030 g/mol. The smallest absolute Gasteiger partial charge is 0.141 e. The largest absolute Gasteiger partial charge is 0.483 e. The van der Waals surface area contributed by atoms with E-state index in [1.165, 1.54) is 64.9 Å². The quantitative estimate of drug-likeness (QED) is 0.112. The van der Waals surface area contributed by atoms with Crippen molar-refractivity contribution >= 4 is 46.4 Å². The topological polar surface area (TPSA) is 69.6 Å². The van der Waals surface area contributed by atoms with Gasteiger partial charge in [0.15, 0.2) is 0 Å². The molecule has 0 saturated heterocycles. The van der Waals surface area contributed by atoms with Gasteiger partial charge in [0.25, 0.3) is 0 Å². The number of pyridine rings is 3. The van der Waals surface area contributed by atoms with Crippen molar-refractivity contribution in [1.82, 2.24) is 24.5 Å².